The molecule has 52 heavy (non-hydrogen) atoms. The highest BCUT2D eigenvalue weighted by Crippen LogP contribution is 2.40. The molecule has 0 fully saturated rings. The Balaban J connectivity index is 1.23. The van der Waals surface area contributed by atoms with Crippen LogP contribution in [0.5, 0.6) is 0 Å². The quantitative estimate of drug-likeness (QED) is 0.120. The summed E-state index contributed by atoms with van der Waals surface area (Å²) in [7, 11) is 0. The molecule has 0 aliphatic rings. The van der Waals surface area contributed by atoms with Crippen LogP contribution in [0.25, 0.3) is 99.0 Å². The van der Waals surface area contributed by atoms with Crippen molar-refractivity contribution in [2.24, 2.45) is 0 Å². The van der Waals surface area contributed by atoms with Gasteiger partial charge in [-0.15, -0.1) is 22.7 Å². The minimum Gasteiger partial charge on any atom is -0.144 e. The van der Waals surface area contributed by atoms with Gasteiger partial charge in [-0.3, -0.25) is 0 Å². The number of hydrogen-bond donors (Lipinski definition) is 0. The van der Waals surface area contributed by atoms with Gasteiger partial charge in [0.25, 0.3) is 0 Å². The van der Waals surface area contributed by atoms with E-state index in [9.17, 15) is 0 Å². The molecule has 0 atom stereocenters. The van der Waals surface area contributed by atoms with Crippen LogP contribution in [0.1, 0.15) is 22.3 Å². The summed E-state index contributed by atoms with van der Waals surface area (Å²) in [5.74, 6) is 0. The van der Waals surface area contributed by atoms with Crippen LogP contribution in [0.3, 0.4) is 0 Å². The zero-order chi connectivity index (χ0) is 34.4. The molecule has 0 aliphatic heterocycles. The van der Waals surface area contributed by atoms with Crippen LogP contribution in [0.4, 0.5) is 0 Å². The van der Waals surface area contributed by atoms with E-state index in [0.717, 1.165) is 0 Å². The molecule has 244 valence electrons. The molecule has 0 N–H and O–H groups in total. The number of fused-ring (bicyclic) bond motifs is 5. The first-order chi connectivity index (χ1) is 25.7. The highest BCUT2D eigenvalue weighted by molar-refractivity contribution is 7.13. The van der Waals surface area contributed by atoms with Gasteiger partial charge in [0.2, 0.25) is 0 Å². The molecule has 10 aromatic rings. The smallest absolute Gasteiger partial charge is 0.0342 e. The topological polar surface area (TPSA) is 0 Å². The number of rotatable bonds is 6. The molecule has 0 unspecified atom stereocenters. The van der Waals surface area contributed by atoms with Crippen LogP contribution in [0, 0.1) is 0 Å². The summed E-state index contributed by atoms with van der Waals surface area (Å²) in [4.78, 5) is 2.58. The first-order valence-corrected chi connectivity index (χ1v) is 19.4. The fraction of sp³-hybridized carbons (Fsp3) is 0. The summed E-state index contributed by atoms with van der Waals surface area (Å²) in [6.45, 7) is 0. The third kappa shape index (κ3) is 5.63. The average molecular weight is 697 g/mol. The Morgan fingerprint density at radius 3 is 1.15 bits per heavy atom. The lowest BCUT2D eigenvalue weighted by atomic mass is 9.90. The number of benzene rings is 8. The molecule has 0 bridgehead atoms. The lowest BCUT2D eigenvalue weighted by Gasteiger charge is -2.14. The molecule has 2 aromatic heterocycles. The molecule has 0 saturated heterocycles. The minimum atomic E-state index is 1.19. The Hall–Kier alpha value is -6.06. The fourth-order valence-corrected chi connectivity index (χ4v) is 9.06. The largest absolute Gasteiger partial charge is 0.144 e. The monoisotopic (exact) mass is 696 g/mol. The van der Waals surface area contributed by atoms with Gasteiger partial charge in [0.05, 0.1) is 0 Å². The predicted octanol–water partition coefficient (Wildman–Crippen LogP) is 15.3. The molecular weight excluding hydrogens is 665 g/mol. The van der Waals surface area contributed by atoms with Gasteiger partial charge in [0.1, 0.15) is 0 Å². The molecule has 0 spiro atoms. The van der Waals surface area contributed by atoms with Crippen molar-refractivity contribution in [3.8, 4) is 20.9 Å². The average Bonchev–Trinajstić information content (AvgIpc) is 3.94. The van der Waals surface area contributed by atoms with Crippen molar-refractivity contribution in [3.63, 3.8) is 0 Å². The lowest BCUT2D eigenvalue weighted by molar-refractivity contribution is 1.66. The molecule has 10 rings (SSSR count). The Kier molecular flexibility index (Phi) is 7.64. The maximum atomic E-state index is 2.41. The number of hydrogen-bond acceptors (Lipinski definition) is 2. The van der Waals surface area contributed by atoms with E-state index in [-0.39, 0.29) is 0 Å². The highest BCUT2D eigenvalue weighted by atomic mass is 32.1. The van der Waals surface area contributed by atoms with Crippen LogP contribution in [0.15, 0.2) is 168 Å². The van der Waals surface area contributed by atoms with Gasteiger partial charge in [0.15, 0.2) is 0 Å². The second kappa shape index (κ2) is 12.9. The highest BCUT2D eigenvalue weighted by Gasteiger charge is 2.13. The van der Waals surface area contributed by atoms with Crippen LogP contribution < -0.4 is 0 Å². The van der Waals surface area contributed by atoms with Gasteiger partial charge < -0.3 is 0 Å². The SMILES string of the molecule is C(=C\c1c2ccc(-c3cccs3)cc2cc2cc3cc4c(/C=C/c5ccccc5)c5ccc(-c6cccs6)cc5cc4cc3cc12)/c1ccccc1. The summed E-state index contributed by atoms with van der Waals surface area (Å²) < 4.78 is 0. The normalized spacial score (nSPS) is 12.1. The molecule has 0 radical (unpaired) electrons. The second-order valence-corrected chi connectivity index (χ2v) is 15.3. The van der Waals surface area contributed by atoms with Crippen molar-refractivity contribution in [1.29, 1.82) is 0 Å². The van der Waals surface area contributed by atoms with Gasteiger partial charge in [-0.1, -0.05) is 121 Å². The van der Waals surface area contributed by atoms with E-state index < -0.39 is 0 Å². The zero-order valence-corrected chi connectivity index (χ0v) is 29.9. The van der Waals surface area contributed by atoms with Crippen molar-refractivity contribution < 1.29 is 0 Å². The summed E-state index contributed by atoms with van der Waals surface area (Å²) in [5.41, 5.74) is 7.41. The van der Waals surface area contributed by atoms with Crippen LogP contribution >= 0.6 is 22.7 Å². The van der Waals surface area contributed by atoms with E-state index in [1.807, 2.05) is 0 Å². The number of thiophene rings is 2. The molecule has 0 aliphatic carbocycles. The van der Waals surface area contributed by atoms with E-state index in [4.69, 9.17) is 0 Å². The van der Waals surface area contributed by atoms with Gasteiger partial charge in [-0.25, -0.2) is 0 Å². The molecule has 0 saturated carbocycles. The summed E-state index contributed by atoms with van der Waals surface area (Å²) in [5, 5.41) is 16.9. The van der Waals surface area contributed by atoms with Gasteiger partial charge >= 0.3 is 0 Å². The Bertz CT molecular complexity index is 2760. The first-order valence-electron chi connectivity index (χ1n) is 17.6. The Labute approximate surface area is 310 Å². The molecule has 2 heteroatoms. The van der Waals surface area contributed by atoms with Crippen molar-refractivity contribution in [2.45, 2.75) is 0 Å². The van der Waals surface area contributed by atoms with Crippen molar-refractivity contribution in [3.05, 3.63) is 191 Å². The molecule has 0 amide bonds. The van der Waals surface area contributed by atoms with Crippen molar-refractivity contribution in [1.82, 2.24) is 0 Å². The summed E-state index contributed by atoms with van der Waals surface area (Å²) in [6, 6.07) is 58.1. The van der Waals surface area contributed by atoms with E-state index in [1.54, 1.807) is 22.7 Å². The standard InChI is InChI=1S/C50H32S2/c1-3-9-33(10-4-1)15-19-45-43-21-17-35(49-13-7-23-51-49)25-39(43)29-41-27-38-32-48-42(28-37(38)31-47(41)45)30-40-26-36(50-14-8-24-52-50)18-22-44(40)46(48)20-16-34-11-5-2-6-12-34/h1-32H/b19-15+,20-16+. The Morgan fingerprint density at radius 2 is 0.731 bits per heavy atom. The minimum absolute atomic E-state index is 1.19. The van der Waals surface area contributed by atoms with Gasteiger partial charge in [-0.05, 0) is 159 Å². The van der Waals surface area contributed by atoms with E-state index in [0.29, 0.717) is 0 Å². The van der Waals surface area contributed by atoms with E-state index in [2.05, 4.69) is 193 Å². The third-order valence-corrected chi connectivity index (χ3v) is 12.0. The second-order valence-electron chi connectivity index (χ2n) is 13.4. The van der Waals surface area contributed by atoms with Crippen LogP contribution in [-0.2, 0) is 0 Å². The summed E-state index contributed by atoms with van der Waals surface area (Å²) >= 11 is 3.58. The fourth-order valence-electron chi connectivity index (χ4n) is 7.61. The van der Waals surface area contributed by atoms with Gasteiger partial charge in [-0.2, -0.15) is 0 Å². The molecule has 8 aromatic carbocycles. The lowest BCUT2D eigenvalue weighted by Crippen LogP contribution is -1.88. The van der Waals surface area contributed by atoms with Crippen LogP contribution in [0.2, 0.25) is 0 Å². The maximum absolute atomic E-state index is 2.41. The van der Waals surface area contributed by atoms with E-state index >= 15 is 0 Å². The summed E-state index contributed by atoms with van der Waals surface area (Å²) in [6.07, 6.45) is 9.11. The Morgan fingerprint density at radius 1 is 0.308 bits per heavy atom. The molecule has 0 nitrogen and oxygen atoms in total. The third-order valence-electron chi connectivity index (χ3n) is 10.2. The van der Waals surface area contributed by atoms with Crippen LogP contribution in [-0.4, -0.2) is 0 Å². The predicted molar refractivity (Wildman–Crippen MR) is 231 cm³/mol. The zero-order valence-electron chi connectivity index (χ0n) is 28.3. The van der Waals surface area contributed by atoms with E-state index in [1.165, 1.54) is 97.0 Å². The van der Waals surface area contributed by atoms with Crippen molar-refractivity contribution in [2.75, 3.05) is 0 Å². The molecular formula is C50H32S2. The molecule has 2 heterocycles. The maximum Gasteiger partial charge on any atom is 0.0342 e. The van der Waals surface area contributed by atoms with Gasteiger partial charge in [0, 0.05) is 9.75 Å². The first kappa shape index (κ1) is 30.7. The van der Waals surface area contributed by atoms with Crippen molar-refractivity contribution >= 4 is 101 Å².